The van der Waals surface area contributed by atoms with Gasteiger partial charge in [-0.2, -0.15) is 0 Å². The molecule has 0 spiro atoms. The Morgan fingerprint density at radius 1 is 1.46 bits per heavy atom. The van der Waals surface area contributed by atoms with Crippen molar-refractivity contribution >= 4 is 5.95 Å². The lowest BCUT2D eigenvalue weighted by Gasteiger charge is -2.29. The molecule has 0 saturated carbocycles. The van der Waals surface area contributed by atoms with E-state index in [1.807, 2.05) is 13.1 Å². The molecule has 1 aromatic heterocycles. The lowest BCUT2D eigenvalue weighted by Crippen LogP contribution is -2.33. The van der Waals surface area contributed by atoms with Gasteiger partial charge in [0, 0.05) is 25.0 Å². The molecule has 3 nitrogen and oxygen atoms in total. The second-order valence-electron chi connectivity index (χ2n) is 4.06. The van der Waals surface area contributed by atoms with Crippen molar-refractivity contribution < 1.29 is 0 Å². The Morgan fingerprint density at radius 3 is 2.69 bits per heavy atom. The van der Waals surface area contributed by atoms with Crippen LogP contribution in [0.3, 0.4) is 0 Å². The zero-order valence-corrected chi connectivity index (χ0v) is 8.38. The van der Waals surface area contributed by atoms with Crippen molar-refractivity contribution in [3.63, 3.8) is 0 Å². The summed E-state index contributed by atoms with van der Waals surface area (Å²) in [5, 5.41) is 0. The van der Waals surface area contributed by atoms with Crippen LogP contribution in [0.5, 0.6) is 0 Å². The van der Waals surface area contributed by atoms with Crippen LogP contribution in [0.1, 0.15) is 25.5 Å². The number of aromatic nitrogens is 2. The molecule has 1 aliphatic rings. The summed E-state index contributed by atoms with van der Waals surface area (Å²) in [5.74, 6) is 1.93. The average molecular weight is 179 g/mol. The van der Waals surface area contributed by atoms with Crippen molar-refractivity contribution in [2.75, 3.05) is 18.0 Å². The minimum absolute atomic E-state index is 0.882. The van der Waals surface area contributed by atoms with E-state index in [1.54, 1.807) is 0 Å². The summed E-state index contributed by atoms with van der Waals surface area (Å²) in [6.07, 6.45) is 4.48. The van der Waals surface area contributed by atoms with Crippen molar-refractivity contribution in [2.24, 2.45) is 5.92 Å². The highest BCUT2D eigenvalue weighted by Crippen LogP contribution is 2.19. The average Bonchev–Trinajstić information content (AvgIpc) is 2.53. The van der Waals surface area contributed by atoms with Crippen LogP contribution in [0, 0.1) is 12.8 Å². The Bertz CT molecular complexity index is 271. The van der Waals surface area contributed by atoms with Gasteiger partial charge in [-0.1, -0.05) is 6.92 Å². The van der Waals surface area contributed by atoms with Gasteiger partial charge in [-0.15, -0.1) is 0 Å². The van der Waals surface area contributed by atoms with E-state index < -0.39 is 0 Å². The van der Waals surface area contributed by atoms with E-state index in [-0.39, 0.29) is 0 Å². The first-order valence-electron chi connectivity index (χ1n) is 5.02. The minimum Gasteiger partial charge on any atom is -0.342 e. The Hall–Kier alpha value is -0.990. The van der Waals surface area contributed by atoms with E-state index >= 15 is 0 Å². The normalized spacial score (nSPS) is 19.4. The van der Waals surface area contributed by atoms with E-state index in [0.717, 1.165) is 30.6 Å². The molecule has 0 radical (unpaired) electrons. The summed E-state index contributed by atoms with van der Waals surface area (Å²) < 4.78 is 0. The van der Waals surface area contributed by atoms with Crippen LogP contribution in [0.25, 0.3) is 0 Å². The van der Waals surface area contributed by atoms with E-state index in [4.69, 9.17) is 0 Å². The van der Waals surface area contributed by atoms with Gasteiger partial charge in [0.25, 0.3) is 0 Å². The molecule has 0 aliphatic carbocycles. The van der Waals surface area contributed by atoms with Gasteiger partial charge in [0.15, 0.2) is 0 Å². The molecule has 0 atom stereocenters. The molecule has 13 heavy (non-hydrogen) atoms. The number of anilines is 1. The van der Waals surface area contributed by atoms with E-state index in [1.165, 1.54) is 12.8 Å². The first-order chi connectivity index (χ1) is 6.25. The Labute approximate surface area is 79.2 Å². The maximum Gasteiger partial charge on any atom is 0.202 e. The summed E-state index contributed by atoms with van der Waals surface area (Å²) >= 11 is 0. The van der Waals surface area contributed by atoms with Crippen LogP contribution < -0.4 is 4.90 Å². The fraction of sp³-hybridized carbons (Fsp3) is 0.700. The maximum atomic E-state index is 4.33. The van der Waals surface area contributed by atoms with Crippen molar-refractivity contribution in [2.45, 2.75) is 26.7 Å². The molecular weight excluding hydrogens is 162 g/mol. The van der Waals surface area contributed by atoms with Gasteiger partial charge in [0.1, 0.15) is 0 Å². The maximum absolute atomic E-state index is 4.33. The van der Waals surface area contributed by atoms with Crippen LogP contribution in [-0.4, -0.2) is 23.1 Å². The molecule has 1 N–H and O–H groups in total. The van der Waals surface area contributed by atoms with E-state index in [9.17, 15) is 0 Å². The van der Waals surface area contributed by atoms with Crippen molar-refractivity contribution in [3.05, 3.63) is 11.9 Å². The Balaban J connectivity index is 2.02. The third-order valence-corrected chi connectivity index (χ3v) is 2.77. The van der Waals surface area contributed by atoms with Gasteiger partial charge in [-0.05, 0) is 25.7 Å². The van der Waals surface area contributed by atoms with Crippen LogP contribution in [0.4, 0.5) is 5.95 Å². The van der Waals surface area contributed by atoms with Crippen LogP contribution in [0.2, 0.25) is 0 Å². The molecule has 1 fully saturated rings. The number of rotatable bonds is 1. The molecule has 0 amide bonds. The number of hydrogen-bond donors (Lipinski definition) is 1. The number of H-pyrrole nitrogens is 1. The second kappa shape index (κ2) is 3.40. The quantitative estimate of drug-likeness (QED) is 0.714. The topological polar surface area (TPSA) is 31.9 Å². The van der Waals surface area contributed by atoms with Gasteiger partial charge in [-0.25, -0.2) is 4.98 Å². The SMILES string of the molecule is Cc1cnc(N2CCC(C)CC2)[nH]1. The smallest absolute Gasteiger partial charge is 0.202 e. The molecular formula is C10H17N3. The lowest BCUT2D eigenvalue weighted by atomic mass is 10.00. The number of aromatic amines is 1. The highest BCUT2D eigenvalue weighted by atomic mass is 15.3. The predicted octanol–water partition coefficient (Wildman–Crippen LogP) is 1.95. The summed E-state index contributed by atoms with van der Waals surface area (Å²) in [4.78, 5) is 9.95. The van der Waals surface area contributed by atoms with Gasteiger partial charge in [0.2, 0.25) is 5.95 Å². The summed E-state index contributed by atoms with van der Waals surface area (Å²) in [5.41, 5.74) is 1.15. The summed E-state index contributed by atoms with van der Waals surface area (Å²) in [7, 11) is 0. The number of hydrogen-bond acceptors (Lipinski definition) is 2. The molecule has 0 aromatic carbocycles. The zero-order chi connectivity index (χ0) is 9.26. The fourth-order valence-electron chi connectivity index (χ4n) is 1.78. The monoisotopic (exact) mass is 179 g/mol. The van der Waals surface area contributed by atoms with Gasteiger partial charge < -0.3 is 9.88 Å². The third-order valence-electron chi connectivity index (χ3n) is 2.77. The van der Waals surface area contributed by atoms with Gasteiger partial charge >= 0.3 is 0 Å². The van der Waals surface area contributed by atoms with Crippen molar-refractivity contribution in [1.82, 2.24) is 9.97 Å². The molecule has 1 saturated heterocycles. The number of imidazole rings is 1. The standard InChI is InChI=1S/C10H17N3/c1-8-3-5-13(6-4-8)10-11-7-9(2)12-10/h7-8H,3-6H2,1-2H3,(H,11,12). The molecule has 0 bridgehead atoms. The highest BCUT2D eigenvalue weighted by molar-refractivity contribution is 5.31. The first-order valence-corrected chi connectivity index (χ1v) is 5.02. The van der Waals surface area contributed by atoms with Crippen LogP contribution in [0.15, 0.2) is 6.20 Å². The molecule has 3 heteroatoms. The molecule has 2 rings (SSSR count). The Kier molecular flexibility index (Phi) is 2.25. The van der Waals surface area contributed by atoms with E-state index in [2.05, 4.69) is 21.8 Å². The highest BCUT2D eigenvalue weighted by Gasteiger charge is 2.17. The summed E-state index contributed by atoms with van der Waals surface area (Å²) in [6.45, 7) is 6.66. The molecule has 2 heterocycles. The van der Waals surface area contributed by atoms with Gasteiger partial charge in [-0.3, -0.25) is 0 Å². The van der Waals surface area contributed by atoms with Crippen LogP contribution in [-0.2, 0) is 0 Å². The molecule has 72 valence electrons. The fourth-order valence-corrected chi connectivity index (χ4v) is 1.78. The van der Waals surface area contributed by atoms with Crippen LogP contribution >= 0.6 is 0 Å². The largest absolute Gasteiger partial charge is 0.342 e. The third kappa shape index (κ3) is 1.85. The van der Waals surface area contributed by atoms with Gasteiger partial charge in [0.05, 0.1) is 0 Å². The number of piperidine rings is 1. The Morgan fingerprint density at radius 2 is 2.15 bits per heavy atom. The number of nitrogens with zero attached hydrogens (tertiary/aromatic N) is 2. The van der Waals surface area contributed by atoms with E-state index in [0.29, 0.717) is 0 Å². The molecule has 1 aliphatic heterocycles. The molecule has 0 unspecified atom stereocenters. The number of nitrogens with one attached hydrogen (secondary N) is 1. The summed E-state index contributed by atoms with van der Waals surface area (Å²) in [6, 6.07) is 0. The first kappa shape index (κ1) is 8.60. The predicted molar refractivity (Wildman–Crippen MR) is 53.9 cm³/mol. The lowest BCUT2D eigenvalue weighted by molar-refractivity contribution is 0.435. The number of aryl methyl sites for hydroxylation is 1. The van der Waals surface area contributed by atoms with Crippen molar-refractivity contribution in [3.8, 4) is 0 Å². The minimum atomic E-state index is 0.882. The zero-order valence-electron chi connectivity index (χ0n) is 8.38. The molecule has 1 aromatic rings. The van der Waals surface area contributed by atoms with Crippen molar-refractivity contribution in [1.29, 1.82) is 0 Å². The second-order valence-corrected chi connectivity index (χ2v) is 4.06.